The van der Waals surface area contributed by atoms with Gasteiger partial charge >= 0.3 is 0 Å². The van der Waals surface area contributed by atoms with Crippen LogP contribution < -0.4 is 9.64 Å². The number of para-hydroxylation sites is 1. The number of ether oxygens (including phenoxy) is 1. The van der Waals surface area contributed by atoms with Crippen LogP contribution in [-0.2, 0) is 0 Å². The molecule has 3 nitrogen and oxygen atoms in total. The van der Waals surface area contributed by atoms with Crippen molar-refractivity contribution in [3.63, 3.8) is 0 Å². The minimum absolute atomic E-state index is 0.0354. The van der Waals surface area contributed by atoms with Crippen molar-refractivity contribution in [1.82, 2.24) is 0 Å². The van der Waals surface area contributed by atoms with E-state index in [2.05, 4.69) is 22.6 Å². The Morgan fingerprint density at radius 2 is 1.84 bits per heavy atom. The van der Waals surface area contributed by atoms with Crippen LogP contribution in [0.25, 0.3) is 0 Å². The Morgan fingerprint density at radius 3 is 2.42 bits per heavy atom. The molecule has 0 aliphatic heterocycles. The number of carbonyl (C=O) groups is 1. The summed E-state index contributed by atoms with van der Waals surface area (Å²) in [5.74, 6) is 0.742. The first-order valence-corrected chi connectivity index (χ1v) is 6.88. The maximum absolute atomic E-state index is 12.4. The molecular weight excluding hydrogens is 353 g/mol. The highest BCUT2D eigenvalue weighted by molar-refractivity contribution is 14.1. The van der Waals surface area contributed by atoms with E-state index in [0.717, 1.165) is 15.0 Å². The van der Waals surface area contributed by atoms with E-state index in [0.29, 0.717) is 5.56 Å². The van der Waals surface area contributed by atoms with Gasteiger partial charge in [0.1, 0.15) is 5.75 Å². The number of benzene rings is 2. The highest BCUT2D eigenvalue weighted by atomic mass is 127. The average Bonchev–Trinajstić information content (AvgIpc) is 2.46. The van der Waals surface area contributed by atoms with Gasteiger partial charge in [-0.05, 0) is 52.9 Å². The van der Waals surface area contributed by atoms with Crippen LogP contribution in [0.1, 0.15) is 10.4 Å². The zero-order valence-electron chi connectivity index (χ0n) is 10.8. The first kappa shape index (κ1) is 13.9. The van der Waals surface area contributed by atoms with Crippen LogP contribution in [-0.4, -0.2) is 20.1 Å². The third-order valence-electron chi connectivity index (χ3n) is 2.85. The van der Waals surface area contributed by atoms with Gasteiger partial charge in [0.25, 0.3) is 5.91 Å². The van der Waals surface area contributed by atoms with E-state index in [9.17, 15) is 4.79 Å². The van der Waals surface area contributed by atoms with E-state index in [4.69, 9.17) is 4.74 Å². The third-order valence-corrected chi connectivity index (χ3v) is 3.69. The molecule has 0 atom stereocenters. The SMILES string of the molecule is COc1ccc(C(=O)N(C)c2ccccc2)cc1I. The van der Waals surface area contributed by atoms with Crippen LogP contribution >= 0.6 is 22.6 Å². The summed E-state index contributed by atoms with van der Waals surface area (Å²) in [6.45, 7) is 0. The Kier molecular flexibility index (Phi) is 4.42. The smallest absolute Gasteiger partial charge is 0.258 e. The predicted octanol–water partition coefficient (Wildman–Crippen LogP) is 3.58. The van der Waals surface area contributed by atoms with Gasteiger partial charge in [0.05, 0.1) is 10.7 Å². The number of rotatable bonds is 3. The van der Waals surface area contributed by atoms with E-state index in [-0.39, 0.29) is 5.91 Å². The maximum Gasteiger partial charge on any atom is 0.258 e. The molecule has 2 rings (SSSR count). The van der Waals surface area contributed by atoms with E-state index in [1.165, 1.54) is 0 Å². The lowest BCUT2D eigenvalue weighted by Gasteiger charge is -2.17. The summed E-state index contributed by atoms with van der Waals surface area (Å²) >= 11 is 2.16. The van der Waals surface area contributed by atoms with Gasteiger partial charge in [0, 0.05) is 18.3 Å². The molecule has 0 radical (unpaired) electrons. The van der Waals surface area contributed by atoms with E-state index in [1.54, 1.807) is 25.1 Å². The molecule has 2 aromatic carbocycles. The molecule has 0 fully saturated rings. The predicted molar refractivity (Wildman–Crippen MR) is 84.9 cm³/mol. The van der Waals surface area contributed by atoms with Gasteiger partial charge in [-0.15, -0.1) is 0 Å². The highest BCUT2D eigenvalue weighted by Crippen LogP contribution is 2.23. The molecule has 2 aromatic rings. The van der Waals surface area contributed by atoms with Crippen molar-refractivity contribution in [3.05, 3.63) is 57.7 Å². The van der Waals surface area contributed by atoms with Crippen molar-refractivity contribution >= 4 is 34.2 Å². The summed E-state index contributed by atoms with van der Waals surface area (Å²) in [5.41, 5.74) is 1.52. The first-order chi connectivity index (χ1) is 9.13. The highest BCUT2D eigenvalue weighted by Gasteiger charge is 2.14. The van der Waals surface area contributed by atoms with Crippen molar-refractivity contribution in [2.45, 2.75) is 0 Å². The molecule has 0 unspecified atom stereocenters. The molecule has 1 amide bonds. The van der Waals surface area contributed by atoms with Gasteiger partial charge < -0.3 is 9.64 Å². The number of methoxy groups -OCH3 is 1. The van der Waals surface area contributed by atoms with Gasteiger partial charge in [-0.1, -0.05) is 18.2 Å². The first-order valence-electron chi connectivity index (χ1n) is 5.80. The molecule has 0 aromatic heterocycles. The molecule has 98 valence electrons. The van der Waals surface area contributed by atoms with Crippen molar-refractivity contribution in [2.75, 3.05) is 19.1 Å². The largest absolute Gasteiger partial charge is 0.496 e. The van der Waals surface area contributed by atoms with Crippen LogP contribution in [0.2, 0.25) is 0 Å². The van der Waals surface area contributed by atoms with E-state index < -0.39 is 0 Å². The Balaban J connectivity index is 2.27. The van der Waals surface area contributed by atoms with Crippen LogP contribution in [0.15, 0.2) is 48.5 Å². The molecule has 0 spiro atoms. The normalized spacial score (nSPS) is 10.1. The summed E-state index contributed by atoms with van der Waals surface area (Å²) in [4.78, 5) is 14.0. The molecule has 19 heavy (non-hydrogen) atoms. The number of amides is 1. The monoisotopic (exact) mass is 367 g/mol. The Labute approximate surface area is 126 Å². The molecule has 0 aliphatic carbocycles. The Morgan fingerprint density at radius 1 is 1.16 bits per heavy atom. The molecule has 0 saturated heterocycles. The molecular formula is C15H14INO2. The second-order valence-corrected chi connectivity index (χ2v) is 5.21. The van der Waals surface area contributed by atoms with Crippen LogP contribution in [0, 0.1) is 3.57 Å². The topological polar surface area (TPSA) is 29.5 Å². The van der Waals surface area contributed by atoms with Crippen molar-refractivity contribution in [1.29, 1.82) is 0 Å². The zero-order chi connectivity index (χ0) is 13.8. The molecule has 0 saturated carbocycles. The molecule has 0 N–H and O–H groups in total. The average molecular weight is 367 g/mol. The minimum Gasteiger partial charge on any atom is -0.496 e. The van der Waals surface area contributed by atoms with Crippen LogP contribution in [0.3, 0.4) is 0 Å². The maximum atomic E-state index is 12.4. The molecule has 0 aliphatic rings. The quantitative estimate of drug-likeness (QED) is 0.777. The third kappa shape index (κ3) is 3.07. The lowest BCUT2D eigenvalue weighted by Crippen LogP contribution is -2.26. The number of nitrogens with zero attached hydrogens (tertiary/aromatic N) is 1. The van der Waals surface area contributed by atoms with Crippen molar-refractivity contribution in [3.8, 4) is 5.75 Å². The second-order valence-electron chi connectivity index (χ2n) is 4.05. The van der Waals surface area contributed by atoms with Gasteiger partial charge in [-0.2, -0.15) is 0 Å². The Hall–Kier alpha value is -1.56. The van der Waals surface area contributed by atoms with E-state index in [1.807, 2.05) is 42.5 Å². The fraction of sp³-hybridized carbons (Fsp3) is 0.133. The van der Waals surface area contributed by atoms with Gasteiger partial charge in [-0.25, -0.2) is 0 Å². The number of hydrogen-bond acceptors (Lipinski definition) is 2. The minimum atomic E-state index is -0.0354. The second kappa shape index (κ2) is 6.06. The van der Waals surface area contributed by atoms with Gasteiger partial charge in [0.15, 0.2) is 0 Å². The summed E-state index contributed by atoms with van der Waals surface area (Å²) in [5, 5.41) is 0. The molecule has 0 bridgehead atoms. The van der Waals surface area contributed by atoms with Crippen molar-refractivity contribution in [2.24, 2.45) is 0 Å². The lowest BCUT2D eigenvalue weighted by molar-refractivity contribution is 0.0993. The number of carbonyl (C=O) groups excluding carboxylic acids is 1. The standard InChI is InChI=1S/C15H14INO2/c1-17(12-6-4-3-5-7-12)15(18)11-8-9-14(19-2)13(16)10-11/h3-10H,1-2H3. The summed E-state index contributed by atoms with van der Waals surface area (Å²) in [7, 11) is 3.39. The van der Waals surface area contributed by atoms with Gasteiger partial charge in [-0.3, -0.25) is 4.79 Å². The van der Waals surface area contributed by atoms with Crippen molar-refractivity contribution < 1.29 is 9.53 Å². The summed E-state index contributed by atoms with van der Waals surface area (Å²) in [6, 6.07) is 15.0. The fourth-order valence-electron chi connectivity index (χ4n) is 1.76. The van der Waals surface area contributed by atoms with Gasteiger partial charge in [0.2, 0.25) is 0 Å². The molecule has 0 heterocycles. The number of anilines is 1. The summed E-state index contributed by atoms with van der Waals surface area (Å²) in [6.07, 6.45) is 0. The summed E-state index contributed by atoms with van der Waals surface area (Å²) < 4.78 is 6.12. The van der Waals surface area contributed by atoms with Crippen LogP contribution in [0.4, 0.5) is 5.69 Å². The number of hydrogen-bond donors (Lipinski definition) is 0. The fourth-order valence-corrected chi connectivity index (χ4v) is 2.50. The Bertz CT molecular complexity index is 584. The van der Waals surface area contributed by atoms with E-state index >= 15 is 0 Å². The zero-order valence-corrected chi connectivity index (χ0v) is 12.9. The lowest BCUT2D eigenvalue weighted by atomic mass is 10.2. The van der Waals surface area contributed by atoms with Crippen LogP contribution in [0.5, 0.6) is 5.75 Å². The number of halogens is 1. The molecule has 4 heteroatoms.